The summed E-state index contributed by atoms with van der Waals surface area (Å²) in [5.41, 5.74) is 2.01. The summed E-state index contributed by atoms with van der Waals surface area (Å²) in [6.07, 6.45) is 2.53. The predicted molar refractivity (Wildman–Crippen MR) is 73.4 cm³/mol. The van der Waals surface area contributed by atoms with Crippen LogP contribution in [0.5, 0.6) is 0 Å². The number of nitrogens with zero attached hydrogens (tertiary/aromatic N) is 3. The van der Waals surface area contributed by atoms with E-state index in [9.17, 15) is 0 Å². The van der Waals surface area contributed by atoms with Crippen molar-refractivity contribution in [1.82, 2.24) is 14.6 Å². The van der Waals surface area contributed by atoms with Crippen LogP contribution in [0, 0.1) is 0 Å². The van der Waals surface area contributed by atoms with Crippen molar-refractivity contribution in [2.75, 3.05) is 5.32 Å². The van der Waals surface area contributed by atoms with Crippen molar-refractivity contribution in [1.29, 1.82) is 0 Å². The summed E-state index contributed by atoms with van der Waals surface area (Å²) in [6, 6.07) is 7.77. The van der Waals surface area contributed by atoms with Gasteiger partial charge in [0.25, 0.3) is 0 Å². The summed E-state index contributed by atoms with van der Waals surface area (Å²) in [6.45, 7) is 2.64. The van der Waals surface area contributed by atoms with E-state index in [4.69, 9.17) is 16.0 Å². The highest BCUT2D eigenvalue weighted by atomic mass is 35.5. The summed E-state index contributed by atoms with van der Waals surface area (Å²) in [7, 11) is 0. The molecule has 3 rings (SSSR count). The van der Waals surface area contributed by atoms with Crippen molar-refractivity contribution in [3.63, 3.8) is 0 Å². The Morgan fingerprint density at radius 1 is 1.37 bits per heavy atom. The molecule has 0 bridgehead atoms. The SMILES string of the molecule is CCc1ccc2c(NCc3ccco3)nc(Cl)nn12. The molecule has 0 spiro atoms. The van der Waals surface area contributed by atoms with Crippen LogP contribution in [0.2, 0.25) is 5.28 Å². The quantitative estimate of drug-likeness (QED) is 0.795. The summed E-state index contributed by atoms with van der Waals surface area (Å²) in [5.74, 6) is 1.55. The zero-order valence-electron chi connectivity index (χ0n) is 10.4. The van der Waals surface area contributed by atoms with Crippen LogP contribution in [0.1, 0.15) is 18.4 Å². The summed E-state index contributed by atoms with van der Waals surface area (Å²) < 4.78 is 7.10. The van der Waals surface area contributed by atoms with Crippen molar-refractivity contribution in [3.05, 3.63) is 47.3 Å². The second-order valence-corrected chi connectivity index (χ2v) is 4.48. The third kappa shape index (κ3) is 2.29. The lowest BCUT2D eigenvalue weighted by molar-refractivity contribution is 0.518. The number of aryl methyl sites for hydroxylation is 1. The van der Waals surface area contributed by atoms with E-state index >= 15 is 0 Å². The molecule has 0 saturated carbocycles. The number of aromatic nitrogens is 3. The molecule has 0 unspecified atom stereocenters. The van der Waals surface area contributed by atoms with Crippen LogP contribution in [0.4, 0.5) is 5.82 Å². The molecule has 3 aromatic rings. The standard InChI is InChI=1S/C13H13ClN4O/c1-2-9-5-6-11-12(16-13(14)17-18(9)11)15-8-10-4-3-7-19-10/h3-7H,2,8H2,1H3,(H,15,16,17). The molecule has 0 atom stereocenters. The third-order valence-electron chi connectivity index (χ3n) is 2.94. The number of fused-ring (bicyclic) bond motifs is 1. The summed E-state index contributed by atoms with van der Waals surface area (Å²) >= 11 is 5.96. The van der Waals surface area contributed by atoms with Gasteiger partial charge in [-0.2, -0.15) is 4.98 Å². The number of furan rings is 1. The van der Waals surface area contributed by atoms with Crippen molar-refractivity contribution >= 4 is 22.9 Å². The fraction of sp³-hybridized carbons (Fsp3) is 0.231. The Kier molecular flexibility index (Phi) is 3.13. The predicted octanol–water partition coefficient (Wildman–Crippen LogP) is 3.15. The Morgan fingerprint density at radius 3 is 3.00 bits per heavy atom. The Bertz CT molecular complexity index is 690. The minimum Gasteiger partial charge on any atom is -0.467 e. The maximum atomic E-state index is 5.96. The van der Waals surface area contributed by atoms with E-state index in [1.807, 2.05) is 28.8 Å². The lowest BCUT2D eigenvalue weighted by atomic mass is 10.3. The van der Waals surface area contributed by atoms with E-state index in [0.29, 0.717) is 12.4 Å². The van der Waals surface area contributed by atoms with Gasteiger partial charge in [-0.05, 0) is 42.3 Å². The van der Waals surface area contributed by atoms with Gasteiger partial charge in [0.1, 0.15) is 11.3 Å². The van der Waals surface area contributed by atoms with Crippen molar-refractivity contribution < 1.29 is 4.42 Å². The van der Waals surface area contributed by atoms with Crippen LogP contribution < -0.4 is 5.32 Å². The molecule has 3 aromatic heterocycles. The van der Waals surface area contributed by atoms with Gasteiger partial charge in [0, 0.05) is 5.69 Å². The van der Waals surface area contributed by atoms with Crippen LogP contribution in [-0.4, -0.2) is 14.6 Å². The van der Waals surface area contributed by atoms with Crippen LogP contribution in [0.15, 0.2) is 34.9 Å². The monoisotopic (exact) mass is 276 g/mol. The molecule has 0 aliphatic rings. The molecular weight excluding hydrogens is 264 g/mol. The van der Waals surface area contributed by atoms with Crippen molar-refractivity contribution in [2.24, 2.45) is 0 Å². The number of hydrogen-bond donors (Lipinski definition) is 1. The smallest absolute Gasteiger partial charge is 0.243 e. The van der Waals surface area contributed by atoms with Crippen LogP contribution >= 0.6 is 11.6 Å². The first kappa shape index (κ1) is 12.0. The Hall–Kier alpha value is -2.01. The van der Waals surface area contributed by atoms with E-state index in [1.165, 1.54) is 0 Å². The molecule has 0 fully saturated rings. The van der Waals surface area contributed by atoms with Crippen molar-refractivity contribution in [2.45, 2.75) is 19.9 Å². The second kappa shape index (κ2) is 4.93. The minimum atomic E-state index is 0.223. The minimum absolute atomic E-state index is 0.223. The third-order valence-corrected chi connectivity index (χ3v) is 3.10. The second-order valence-electron chi connectivity index (χ2n) is 4.14. The molecule has 0 aliphatic carbocycles. The van der Waals surface area contributed by atoms with E-state index in [0.717, 1.165) is 23.4 Å². The highest BCUT2D eigenvalue weighted by molar-refractivity contribution is 6.28. The van der Waals surface area contributed by atoms with Gasteiger partial charge in [-0.15, -0.1) is 5.10 Å². The normalized spacial score (nSPS) is 11.1. The summed E-state index contributed by atoms with van der Waals surface area (Å²) in [4.78, 5) is 4.23. The van der Waals surface area contributed by atoms with Gasteiger partial charge in [-0.3, -0.25) is 0 Å². The van der Waals surface area contributed by atoms with Crippen LogP contribution in [0.3, 0.4) is 0 Å². The number of halogens is 1. The van der Waals surface area contributed by atoms with Gasteiger partial charge in [0.05, 0.1) is 12.8 Å². The number of nitrogens with one attached hydrogen (secondary N) is 1. The van der Waals surface area contributed by atoms with Crippen LogP contribution in [0.25, 0.3) is 5.52 Å². The average molecular weight is 277 g/mol. The van der Waals surface area contributed by atoms with E-state index in [2.05, 4.69) is 22.3 Å². The highest BCUT2D eigenvalue weighted by Gasteiger charge is 2.10. The molecule has 6 heteroatoms. The first-order valence-corrected chi connectivity index (χ1v) is 6.46. The molecule has 0 radical (unpaired) electrons. The number of hydrogen-bond acceptors (Lipinski definition) is 4. The molecule has 98 valence electrons. The Balaban J connectivity index is 1.96. The highest BCUT2D eigenvalue weighted by Crippen LogP contribution is 2.20. The topological polar surface area (TPSA) is 55.4 Å². The number of anilines is 1. The maximum absolute atomic E-state index is 5.96. The molecule has 19 heavy (non-hydrogen) atoms. The van der Waals surface area contributed by atoms with Crippen LogP contribution in [-0.2, 0) is 13.0 Å². The summed E-state index contributed by atoms with van der Waals surface area (Å²) in [5, 5.41) is 7.66. The first-order chi connectivity index (χ1) is 9.28. The van der Waals surface area contributed by atoms with Gasteiger partial charge >= 0.3 is 0 Å². The van der Waals surface area contributed by atoms with E-state index in [-0.39, 0.29) is 5.28 Å². The molecule has 5 nitrogen and oxygen atoms in total. The van der Waals surface area contributed by atoms with E-state index in [1.54, 1.807) is 6.26 Å². The maximum Gasteiger partial charge on any atom is 0.243 e. The van der Waals surface area contributed by atoms with Gasteiger partial charge in [-0.1, -0.05) is 6.92 Å². The average Bonchev–Trinajstić information content (AvgIpc) is 3.04. The zero-order chi connectivity index (χ0) is 13.2. The fourth-order valence-electron chi connectivity index (χ4n) is 2.00. The van der Waals surface area contributed by atoms with Gasteiger partial charge in [0.15, 0.2) is 5.82 Å². The fourth-order valence-corrected chi connectivity index (χ4v) is 2.16. The van der Waals surface area contributed by atoms with Gasteiger partial charge in [-0.25, -0.2) is 4.52 Å². The molecule has 0 amide bonds. The van der Waals surface area contributed by atoms with E-state index < -0.39 is 0 Å². The first-order valence-electron chi connectivity index (χ1n) is 6.08. The lowest BCUT2D eigenvalue weighted by Crippen LogP contribution is -2.06. The molecule has 0 saturated heterocycles. The number of rotatable bonds is 4. The van der Waals surface area contributed by atoms with Gasteiger partial charge < -0.3 is 9.73 Å². The molecular formula is C13H13ClN4O. The molecule has 1 N–H and O–H groups in total. The molecule has 0 aliphatic heterocycles. The van der Waals surface area contributed by atoms with Gasteiger partial charge in [0.2, 0.25) is 5.28 Å². The zero-order valence-corrected chi connectivity index (χ0v) is 11.2. The molecule has 0 aromatic carbocycles. The molecule has 3 heterocycles. The van der Waals surface area contributed by atoms with Crippen molar-refractivity contribution in [3.8, 4) is 0 Å². The lowest BCUT2D eigenvalue weighted by Gasteiger charge is -2.07. The Labute approximate surface area is 115 Å². The Morgan fingerprint density at radius 2 is 2.26 bits per heavy atom. The largest absolute Gasteiger partial charge is 0.467 e.